The molecular weight excluding hydrogens is 258 g/mol. The van der Waals surface area contributed by atoms with Crippen molar-refractivity contribution in [1.29, 1.82) is 0 Å². The van der Waals surface area contributed by atoms with E-state index in [2.05, 4.69) is 15.5 Å². The molecule has 2 rings (SSSR count). The number of methoxy groups -OCH3 is 1. The lowest BCUT2D eigenvalue weighted by Crippen LogP contribution is -2.23. The maximum absolute atomic E-state index is 11.9. The molecule has 1 heterocycles. The molecule has 0 spiro atoms. The lowest BCUT2D eigenvalue weighted by Gasteiger charge is -2.08. The van der Waals surface area contributed by atoms with Crippen LogP contribution in [0.4, 0.5) is 0 Å². The third kappa shape index (κ3) is 3.14. The first-order valence-corrected chi connectivity index (χ1v) is 6.35. The van der Waals surface area contributed by atoms with E-state index in [-0.39, 0.29) is 11.8 Å². The number of carbonyl (C=O) groups is 1. The van der Waals surface area contributed by atoms with Crippen LogP contribution in [-0.2, 0) is 6.54 Å². The van der Waals surface area contributed by atoms with Gasteiger partial charge in [-0.2, -0.15) is 0 Å². The summed E-state index contributed by atoms with van der Waals surface area (Å²) < 4.78 is 10.5. The highest BCUT2D eigenvalue weighted by molar-refractivity contribution is 5.89. The van der Waals surface area contributed by atoms with Gasteiger partial charge in [-0.1, -0.05) is 32.0 Å². The van der Waals surface area contributed by atoms with Crippen molar-refractivity contribution in [3.63, 3.8) is 0 Å². The number of carbonyl (C=O) groups excluding carboxylic acids is 1. The van der Waals surface area contributed by atoms with Gasteiger partial charge in [-0.05, 0) is 6.07 Å². The first kappa shape index (κ1) is 14.0. The largest absolute Gasteiger partial charge is 0.496 e. The summed E-state index contributed by atoms with van der Waals surface area (Å²) in [5, 5.41) is 10.3. The van der Waals surface area contributed by atoms with Gasteiger partial charge in [-0.25, -0.2) is 0 Å². The summed E-state index contributed by atoms with van der Waals surface area (Å²) in [4.78, 5) is 11.9. The molecule has 0 aliphatic carbocycles. The normalized spacial score (nSPS) is 10.6. The van der Waals surface area contributed by atoms with Crippen molar-refractivity contribution in [3.05, 3.63) is 41.6 Å². The molecule has 6 heteroatoms. The zero-order chi connectivity index (χ0) is 14.5. The predicted molar refractivity (Wildman–Crippen MR) is 72.6 cm³/mol. The van der Waals surface area contributed by atoms with Crippen LogP contribution in [-0.4, -0.2) is 23.2 Å². The van der Waals surface area contributed by atoms with E-state index in [4.69, 9.17) is 9.15 Å². The maximum atomic E-state index is 11.9. The third-order valence-electron chi connectivity index (χ3n) is 2.76. The van der Waals surface area contributed by atoms with Crippen LogP contribution in [0.15, 0.2) is 28.7 Å². The highest BCUT2D eigenvalue weighted by Gasteiger charge is 2.16. The highest BCUT2D eigenvalue weighted by Crippen LogP contribution is 2.17. The Morgan fingerprint density at radius 3 is 2.75 bits per heavy atom. The SMILES string of the molecule is COc1ccccc1CNC(=O)c1nnc(C(C)C)o1. The van der Waals surface area contributed by atoms with Crippen LogP contribution in [0.2, 0.25) is 0 Å². The molecule has 106 valence electrons. The van der Waals surface area contributed by atoms with Gasteiger partial charge in [0.1, 0.15) is 5.75 Å². The Morgan fingerprint density at radius 2 is 2.10 bits per heavy atom. The monoisotopic (exact) mass is 275 g/mol. The summed E-state index contributed by atoms with van der Waals surface area (Å²) in [5.74, 6) is 0.853. The Kier molecular flexibility index (Phi) is 4.34. The van der Waals surface area contributed by atoms with Crippen molar-refractivity contribution in [3.8, 4) is 5.75 Å². The second kappa shape index (κ2) is 6.18. The molecule has 0 bridgehead atoms. The van der Waals surface area contributed by atoms with Crippen LogP contribution >= 0.6 is 0 Å². The Morgan fingerprint density at radius 1 is 1.35 bits per heavy atom. The van der Waals surface area contributed by atoms with Gasteiger partial charge in [0.2, 0.25) is 5.89 Å². The average Bonchev–Trinajstić information content (AvgIpc) is 2.95. The fraction of sp³-hybridized carbons (Fsp3) is 0.357. The average molecular weight is 275 g/mol. The van der Waals surface area contributed by atoms with E-state index < -0.39 is 5.91 Å². The third-order valence-corrected chi connectivity index (χ3v) is 2.76. The lowest BCUT2D eigenvalue weighted by molar-refractivity contribution is 0.0913. The predicted octanol–water partition coefficient (Wildman–Crippen LogP) is 2.13. The van der Waals surface area contributed by atoms with E-state index in [0.717, 1.165) is 11.3 Å². The molecular formula is C14H17N3O3. The van der Waals surface area contributed by atoms with Crippen molar-refractivity contribution >= 4 is 5.91 Å². The van der Waals surface area contributed by atoms with E-state index in [9.17, 15) is 4.79 Å². The molecule has 1 N–H and O–H groups in total. The Balaban J connectivity index is 2.01. The van der Waals surface area contributed by atoms with Gasteiger partial charge in [0.25, 0.3) is 0 Å². The lowest BCUT2D eigenvalue weighted by atomic mass is 10.2. The van der Waals surface area contributed by atoms with Gasteiger partial charge >= 0.3 is 11.8 Å². The number of para-hydroxylation sites is 1. The van der Waals surface area contributed by atoms with Crippen LogP contribution < -0.4 is 10.1 Å². The number of rotatable bonds is 5. The zero-order valence-corrected chi connectivity index (χ0v) is 11.7. The Hall–Kier alpha value is -2.37. The second-order valence-corrected chi connectivity index (χ2v) is 4.59. The molecule has 0 saturated heterocycles. The first-order chi connectivity index (χ1) is 9.61. The summed E-state index contributed by atoms with van der Waals surface area (Å²) in [7, 11) is 1.59. The van der Waals surface area contributed by atoms with Gasteiger partial charge in [-0.15, -0.1) is 10.2 Å². The van der Waals surface area contributed by atoms with Gasteiger partial charge in [0.15, 0.2) is 0 Å². The smallest absolute Gasteiger partial charge is 0.309 e. The molecule has 2 aromatic rings. The number of amides is 1. The van der Waals surface area contributed by atoms with Crippen molar-refractivity contribution < 1.29 is 13.9 Å². The molecule has 0 unspecified atom stereocenters. The molecule has 1 aromatic carbocycles. The number of nitrogens with zero attached hydrogens (tertiary/aromatic N) is 2. The van der Waals surface area contributed by atoms with Crippen LogP contribution in [0.5, 0.6) is 5.75 Å². The van der Waals surface area contributed by atoms with Crippen molar-refractivity contribution in [2.75, 3.05) is 7.11 Å². The minimum absolute atomic E-state index is 0.0244. The van der Waals surface area contributed by atoms with E-state index >= 15 is 0 Å². The molecule has 20 heavy (non-hydrogen) atoms. The van der Waals surface area contributed by atoms with Gasteiger partial charge in [0.05, 0.1) is 7.11 Å². The van der Waals surface area contributed by atoms with Gasteiger partial charge in [0, 0.05) is 18.0 Å². The quantitative estimate of drug-likeness (QED) is 0.904. The van der Waals surface area contributed by atoms with Crippen LogP contribution in [0.25, 0.3) is 0 Å². The minimum atomic E-state index is -0.393. The number of hydrogen-bond donors (Lipinski definition) is 1. The molecule has 0 atom stereocenters. The topological polar surface area (TPSA) is 77.2 Å². The van der Waals surface area contributed by atoms with Crippen LogP contribution in [0, 0.1) is 0 Å². The second-order valence-electron chi connectivity index (χ2n) is 4.59. The van der Waals surface area contributed by atoms with E-state index in [1.54, 1.807) is 7.11 Å². The maximum Gasteiger partial charge on any atom is 0.309 e. The summed E-state index contributed by atoms with van der Waals surface area (Å²) >= 11 is 0. The Labute approximate surface area is 117 Å². The van der Waals surface area contributed by atoms with Crippen molar-refractivity contribution in [2.45, 2.75) is 26.3 Å². The summed E-state index contributed by atoms with van der Waals surface area (Å²) in [6.07, 6.45) is 0. The summed E-state index contributed by atoms with van der Waals surface area (Å²) in [5.41, 5.74) is 0.881. The summed E-state index contributed by atoms with van der Waals surface area (Å²) in [6.45, 7) is 4.18. The number of ether oxygens (including phenoxy) is 1. The van der Waals surface area contributed by atoms with Crippen molar-refractivity contribution in [2.24, 2.45) is 0 Å². The first-order valence-electron chi connectivity index (χ1n) is 6.35. The molecule has 1 aromatic heterocycles. The van der Waals surface area contributed by atoms with Crippen LogP contribution in [0.1, 0.15) is 41.9 Å². The minimum Gasteiger partial charge on any atom is -0.496 e. The number of hydrogen-bond acceptors (Lipinski definition) is 5. The zero-order valence-electron chi connectivity index (χ0n) is 11.7. The van der Waals surface area contributed by atoms with Gasteiger partial charge in [-0.3, -0.25) is 4.79 Å². The highest BCUT2D eigenvalue weighted by atomic mass is 16.5. The standard InChI is InChI=1S/C14H17N3O3/c1-9(2)13-16-17-14(20-13)12(18)15-8-10-6-4-5-7-11(10)19-3/h4-7,9H,8H2,1-3H3,(H,15,18). The molecule has 0 fully saturated rings. The molecule has 0 aliphatic heterocycles. The Bertz CT molecular complexity index is 593. The number of nitrogens with one attached hydrogen (secondary N) is 1. The molecule has 0 radical (unpaired) electrons. The van der Waals surface area contributed by atoms with Gasteiger partial charge < -0.3 is 14.5 Å². The molecule has 0 aliphatic rings. The van der Waals surface area contributed by atoms with E-state index in [1.807, 2.05) is 38.1 Å². The fourth-order valence-electron chi connectivity index (χ4n) is 1.66. The number of benzene rings is 1. The van der Waals surface area contributed by atoms with E-state index in [0.29, 0.717) is 12.4 Å². The molecule has 0 saturated carbocycles. The summed E-state index contributed by atoms with van der Waals surface area (Å²) in [6, 6.07) is 7.47. The van der Waals surface area contributed by atoms with Crippen LogP contribution in [0.3, 0.4) is 0 Å². The van der Waals surface area contributed by atoms with Crippen molar-refractivity contribution in [1.82, 2.24) is 15.5 Å². The fourth-order valence-corrected chi connectivity index (χ4v) is 1.66. The molecule has 1 amide bonds. The van der Waals surface area contributed by atoms with E-state index in [1.165, 1.54) is 0 Å². The molecule has 6 nitrogen and oxygen atoms in total. The number of aromatic nitrogens is 2.